The fourth-order valence-corrected chi connectivity index (χ4v) is 2.88. The standard InChI is InChI=1S/C20H20ClN3O/c1-15(16-7-3-2-4-8-16)11-12-22-20(25)17-13-23-24(14-17)19-10-6-5-9-18(19)21/h2-10,13-15H,11-12H2,1H3,(H,22,25). The number of halogens is 1. The van der Waals surface area contributed by atoms with E-state index in [2.05, 4.69) is 29.5 Å². The molecule has 1 aromatic heterocycles. The molecule has 3 aromatic rings. The number of carbonyl (C=O) groups is 1. The Kier molecular flexibility index (Phi) is 5.51. The predicted molar refractivity (Wildman–Crippen MR) is 100 cm³/mol. The molecular formula is C20H20ClN3O. The van der Waals surface area contributed by atoms with Crippen LogP contribution in [0, 0.1) is 0 Å². The van der Waals surface area contributed by atoms with Crippen molar-refractivity contribution >= 4 is 17.5 Å². The van der Waals surface area contributed by atoms with Crippen LogP contribution < -0.4 is 5.32 Å². The average Bonchev–Trinajstić information content (AvgIpc) is 3.12. The maximum atomic E-state index is 12.3. The van der Waals surface area contributed by atoms with Gasteiger partial charge in [-0.25, -0.2) is 4.68 Å². The minimum Gasteiger partial charge on any atom is -0.352 e. The normalized spacial score (nSPS) is 11.9. The zero-order valence-electron chi connectivity index (χ0n) is 14.0. The minimum absolute atomic E-state index is 0.126. The maximum absolute atomic E-state index is 12.3. The second kappa shape index (κ2) is 7.99. The van der Waals surface area contributed by atoms with Gasteiger partial charge in [0.25, 0.3) is 5.91 Å². The Morgan fingerprint density at radius 2 is 1.88 bits per heavy atom. The van der Waals surface area contributed by atoms with Crippen LogP contribution in [0.4, 0.5) is 0 Å². The quantitative estimate of drug-likeness (QED) is 0.711. The molecule has 0 aliphatic carbocycles. The van der Waals surface area contributed by atoms with Gasteiger partial charge in [-0.15, -0.1) is 0 Å². The van der Waals surface area contributed by atoms with E-state index in [4.69, 9.17) is 11.6 Å². The first kappa shape index (κ1) is 17.2. The largest absolute Gasteiger partial charge is 0.352 e. The third-order valence-electron chi connectivity index (χ3n) is 4.18. The summed E-state index contributed by atoms with van der Waals surface area (Å²) in [6.07, 6.45) is 4.13. The number of para-hydroxylation sites is 1. The minimum atomic E-state index is -0.126. The van der Waals surface area contributed by atoms with Gasteiger partial charge >= 0.3 is 0 Å². The first-order valence-corrected chi connectivity index (χ1v) is 8.65. The Morgan fingerprint density at radius 3 is 2.64 bits per heavy atom. The Labute approximate surface area is 152 Å². The van der Waals surface area contributed by atoms with Gasteiger partial charge in [-0.05, 0) is 30.0 Å². The number of carbonyl (C=O) groups excluding carboxylic acids is 1. The van der Waals surface area contributed by atoms with E-state index in [1.165, 1.54) is 5.56 Å². The van der Waals surface area contributed by atoms with E-state index in [9.17, 15) is 4.79 Å². The van der Waals surface area contributed by atoms with E-state index in [1.807, 2.05) is 36.4 Å². The summed E-state index contributed by atoms with van der Waals surface area (Å²) in [5.74, 6) is 0.269. The zero-order valence-corrected chi connectivity index (χ0v) is 14.8. The summed E-state index contributed by atoms with van der Waals surface area (Å²) in [6.45, 7) is 2.78. The summed E-state index contributed by atoms with van der Waals surface area (Å²) in [4.78, 5) is 12.3. The highest BCUT2D eigenvalue weighted by molar-refractivity contribution is 6.32. The summed E-state index contributed by atoms with van der Waals surface area (Å²) in [5, 5.41) is 7.78. The van der Waals surface area contributed by atoms with Crippen LogP contribution in [0.2, 0.25) is 5.02 Å². The van der Waals surface area contributed by atoms with Crippen molar-refractivity contribution in [2.45, 2.75) is 19.3 Å². The molecule has 0 spiro atoms. The Morgan fingerprint density at radius 1 is 1.16 bits per heavy atom. The van der Waals surface area contributed by atoms with E-state index < -0.39 is 0 Å². The van der Waals surface area contributed by atoms with Crippen molar-refractivity contribution in [1.29, 1.82) is 0 Å². The van der Waals surface area contributed by atoms with Gasteiger partial charge in [0.15, 0.2) is 0 Å². The van der Waals surface area contributed by atoms with Gasteiger partial charge in [0, 0.05) is 12.7 Å². The van der Waals surface area contributed by atoms with Crippen LogP contribution in [0.5, 0.6) is 0 Å². The molecule has 1 N–H and O–H groups in total. The van der Waals surface area contributed by atoms with Gasteiger partial charge in [-0.2, -0.15) is 5.10 Å². The lowest BCUT2D eigenvalue weighted by Gasteiger charge is -2.12. The van der Waals surface area contributed by atoms with Gasteiger partial charge in [0.2, 0.25) is 0 Å². The summed E-state index contributed by atoms with van der Waals surface area (Å²) in [6, 6.07) is 17.7. The number of amides is 1. The highest BCUT2D eigenvalue weighted by atomic mass is 35.5. The fraction of sp³-hybridized carbons (Fsp3) is 0.200. The number of hydrogen-bond acceptors (Lipinski definition) is 2. The number of rotatable bonds is 6. The first-order chi connectivity index (χ1) is 12.1. The predicted octanol–water partition coefficient (Wildman–Crippen LogP) is 4.45. The molecule has 1 unspecified atom stereocenters. The van der Waals surface area contributed by atoms with Crippen molar-refractivity contribution < 1.29 is 4.79 Å². The van der Waals surface area contributed by atoms with Gasteiger partial charge in [-0.1, -0.05) is 61.0 Å². The Balaban J connectivity index is 1.57. The molecule has 0 aliphatic heterocycles. The summed E-state index contributed by atoms with van der Waals surface area (Å²) >= 11 is 6.16. The van der Waals surface area contributed by atoms with Crippen molar-refractivity contribution in [3.05, 3.63) is 83.1 Å². The fourth-order valence-electron chi connectivity index (χ4n) is 2.66. The number of hydrogen-bond donors (Lipinski definition) is 1. The molecule has 5 heteroatoms. The van der Waals surface area contributed by atoms with Gasteiger partial charge in [0.05, 0.1) is 22.5 Å². The van der Waals surface area contributed by atoms with Crippen LogP contribution in [0.25, 0.3) is 5.69 Å². The van der Waals surface area contributed by atoms with Crippen molar-refractivity contribution in [1.82, 2.24) is 15.1 Å². The highest BCUT2D eigenvalue weighted by Gasteiger charge is 2.11. The topological polar surface area (TPSA) is 46.9 Å². The molecule has 0 bridgehead atoms. The van der Waals surface area contributed by atoms with Crippen molar-refractivity contribution in [3.63, 3.8) is 0 Å². The number of benzene rings is 2. The van der Waals surface area contributed by atoms with Crippen molar-refractivity contribution in [3.8, 4) is 5.69 Å². The average molecular weight is 354 g/mol. The molecule has 3 rings (SSSR count). The number of nitrogens with zero attached hydrogens (tertiary/aromatic N) is 2. The van der Waals surface area contributed by atoms with Gasteiger partial charge in [-0.3, -0.25) is 4.79 Å². The third kappa shape index (κ3) is 4.28. The van der Waals surface area contributed by atoms with Crippen molar-refractivity contribution in [2.75, 3.05) is 6.54 Å². The second-order valence-corrected chi connectivity index (χ2v) is 6.39. The lowest BCUT2D eigenvalue weighted by atomic mass is 9.98. The summed E-state index contributed by atoms with van der Waals surface area (Å²) in [7, 11) is 0. The smallest absolute Gasteiger partial charge is 0.254 e. The highest BCUT2D eigenvalue weighted by Crippen LogP contribution is 2.20. The monoisotopic (exact) mass is 353 g/mol. The van der Waals surface area contributed by atoms with E-state index >= 15 is 0 Å². The van der Waals surface area contributed by atoms with Crippen LogP contribution in [-0.2, 0) is 0 Å². The van der Waals surface area contributed by atoms with E-state index in [0.29, 0.717) is 23.0 Å². The third-order valence-corrected chi connectivity index (χ3v) is 4.50. The van der Waals surface area contributed by atoms with Crippen LogP contribution >= 0.6 is 11.6 Å². The van der Waals surface area contributed by atoms with Crippen molar-refractivity contribution in [2.24, 2.45) is 0 Å². The van der Waals surface area contributed by atoms with E-state index in [0.717, 1.165) is 12.1 Å². The van der Waals surface area contributed by atoms with Crippen LogP contribution in [-0.4, -0.2) is 22.2 Å². The molecule has 128 valence electrons. The zero-order chi connectivity index (χ0) is 17.6. The molecule has 25 heavy (non-hydrogen) atoms. The van der Waals surface area contributed by atoms with E-state index in [1.54, 1.807) is 23.1 Å². The van der Waals surface area contributed by atoms with Gasteiger partial charge in [0.1, 0.15) is 0 Å². The molecule has 0 saturated heterocycles. The molecule has 1 amide bonds. The Hall–Kier alpha value is -2.59. The summed E-state index contributed by atoms with van der Waals surface area (Å²) < 4.78 is 1.61. The molecular weight excluding hydrogens is 334 g/mol. The van der Waals surface area contributed by atoms with Crippen LogP contribution in [0.15, 0.2) is 67.0 Å². The lowest BCUT2D eigenvalue weighted by molar-refractivity contribution is 0.0952. The number of nitrogens with one attached hydrogen (secondary N) is 1. The second-order valence-electron chi connectivity index (χ2n) is 5.98. The lowest BCUT2D eigenvalue weighted by Crippen LogP contribution is -2.25. The summed E-state index contributed by atoms with van der Waals surface area (Å²) in [5.41, 5.74) is 2.55. The molecule has 0 radical (unpaired) electrons. The molecule has 4 nitrogen and oxygen atoms in total. The molecule has 0 aliphatic rings. The molecule has 1 heterocycles. The molecule has 0 fully saturated rings. The first-order valence-electron chi connectivity index (χ1n) is 8.28. The molecule has 2 aromatic carbocycles. The van der Waals surface area contributed by atoms with Crippen LogP contribution in [0.3, 0.4) is 0 Å². The Bertz CT molecular complexity index is 845. The van der Waals surface area contributed by atoms with Crippen LogP contribution in [0.1, 0.15) is 35.2 Å². The maximum Gasteiger partial charge on any atom is 0.254 e. The SMILES string of the molecule is CC(CCNC(=O)c1cnn(-c2ccccc2Cl)c1)c1ccccc1. The molecule has 0 saturated carbocycles. The van der Waals surface area contributed by atoms with Gasteiger partial charge < -0.3 is 5.32 Å². The van der Waals surface area contributed by atoms with E-state index in [-0.39, 0.29) is 5.91 Å². The molecule has 1 atom stereocenters. The number of aromatic nitrogens is 2.